The summed E-state index contributed by atoms with van der Waals surface area (Å²) in [5.41, 5.74) is 0.358. The Bertz CT molecular complexity index is 479. The maximum absolute atomic E-state index is 11.6. The number of carbonyl (C=O) groups is 3. The molecule has 0 spiro atoms. The van der Waals surface area contributed by atoms with E-state index in [9.17, 15) is 14.4 Å². The van der Waals surface area contributed by atoms with Crippen LogP contribution < -0.4 is 5.32 Å². The van der Waals surface area contributed by atoms with E-state index < -0.39 is 18.5 Å². The minimum Gasteiger partial charge on any atom is -0.451 e. The van der Waals surface area contributed by atoms with Crippen LogP contribution in [0, 0.1) is 0 Å². The zero-order chi connectivity index (χ0) is 14.4. The van der Waals surface area contributed by atoms with Gasteiger partial charge in [-0.25, -0.2) is 4.79 Å². The average molecular weight is 267 g/mol. The van der Waals surface area contributed by atoms with E-state index in [0.29, 0.717) is 5.69 Å². The van der Waals surface area contributed by atoms with Crippen LogP contribution >= 0.6 is 0 Å². The molecule has 0 atom stereocenters. The summed E-state index contributed by atoms with van der Waals surface area (Å²) in [5.74, 6) is -1.33. The molecule has 1 aromatic heterocycles. The van der Waals surface area contributed by atoms with Crippen LogP contribution in [0.4, 0.5) is 0 Å². The summed E-state index contributed by atoms with van der Waals surface area (Å²) in [4.78, 5) is 35.5. The third kappa shape index (κ3) is 4.46. The quantitative estimate of drug-likeness (QED) is 0.721. The van der Waals surface area contributed by atoms with Gasteiger partial charge in [-0.05, 0) is 12.1 Å². The van der Waals surface area contributed by atoms with Crippen molar-refractivity contribution in [2.24, 2.45) is 7.05 Å². The summed E-state index contributed by atoms with van der Waals surface area (Å²) in [6.45, 7) is -0.530. The molecule has 0 aliphatic carbocycles. The van der Waals surface area contributed by atoms with Gasteiger partial charge in [-0.1, -0.05) is 0 Å². The van der Waals surface area contributed by atoms with Crippen molar-refractivity contribution >= 4 is 17.8 Å². The highest BCUT2D eigenvalue weighted by Crippen LogP contribution is 2.01. The highest BCUT2D eigenvalue weighted by Gasteiger charge is 2.13. The first-order valence-corrected chi connectivity index (χ1v) is 5.67. The zero-order valence-corrected chi connectivity index (χ0v) is 11.2. The number of nitrogens with zero attached hydrogens (tertiary/aromatic N) is 2. The van der Waals surface area contributed by atoms with Crippen molar-refractivity contribution < 1.29 is 19.1 Å². The maximum Gasteiger partial charge on any atom is 0.355 e. The van der Waals surface area contributed by atoms with Gasteiger partial charge < -0.3 is 19.5 Å². The van der Waals surface area contributed by atoms with Crippen LogP contribution in [0.1, 0.15) is 10.5 Å². The Morgan fingerprint density at radius 3 is 2.58 bits per heavy atom. The second-order valence-corrected chi connectivity index (χ2v) is 4.15. The van der Waals surface area contributed by atoms with Crippen molar-refractivity contribution in [3.8, 4) is 0 Å². The number of nitrogens with one attached hydrogen (secondary N) is 1. The lowest BCUT2D eigenvalue weighted by Gasteiger charge is -2.11. The van der Waals surface area contributed by atoms with E-state index >= 15 is 0 Å². The number of hydrogen-bond acceptors (Lipinski definition) is 4. The lowest BCUT2D eigenvalue weighted by atomic mass is 10.4. The van der Waals surface area contributed by atoms with Gasteiger partial charge in [0.1, 0.15) is 5.69 Å². The van der Waals surface area contributed by atoms with Gasteiger partial charge in [0.2, 0.25) is 5.91 Å². The van der Waals surface area contributed by atoms with Crippen molar-refractivity contribution in [1.82, 2.24) is 14.8 Å². The fraction of sp³-hybridized carbons (Fsp3) is 0.417. The fourth-order valence-corrected chi connectivity index (χ4v) is 1.26. The minimum atomic E-state index is -0.582. The largest absolute Gasteiger partial charge is 0.451 e. The molecule has 0 bridgehead atoms. The van der Waals surface area contributed by atoms with Crippen LogP contribution in [0.2, 0.25) is 0 Å². The highest BCUT2D eigenvalue weighted by molar-refractivity contribution is 5.90. The Labute approximate surface area is 111 Å². The predicted molar refractivity (Wildman–Crippen MR) is 67.4 cm³/mol. The predicted octanol–water partition coefficient (Wildman–Crippen LogP) is -0.614. The minimum absolute atomic E-state index is 0.118. The van der Waals surface area contributed by atoms with Gasteiger partial charge in [-0.3, -0.25) is 9.59 Å². The Morgan fingerprint density at radius 2 is 2.05 bits per heavy atom. The van der Waals surface area contributed by atoms with Crippen LogP contribution in [-0.4, -0.2) is 54.5 Å². The summed E-state index contributed by atoms with van der Waals surface area (Å²) in [6, 6.07) is 3.29. The normalized spacial score (nSPS) is 9.84. The van der Waals surface area contributed by atoms with Gasteiger partial charge >= 0.3 is 5.97 Å². The molecular weight excluding hydrogens is 250 g/mol. The average Bonchev–Trinajstić information content (AvgIpc) is 2.79. The number of aryl methyl sites for hydroxylation is 1. The Kier molecular flexibility index (Phi) is 5.11. The molecule has 0 saturated carbocycles. The van der Waals surface area contributed by atoms with Crippen LogP contribution in [0.5, 0.6) is 0 Å². The molecule has 0 radical (unpaired) electrons. The van der Waals surface area contributed by atoms with Crippen molar-refractivity contribution in [1.29, 1.82) is 0 Å². The molecule has 1 aromatic rings. The molecule has 0 saturated heterocycles. The third-order valence-electron chi connectivity index (χ3n) is 2.42. The van der Waals surface area contributed by atoms with Crippen LogP contribution in [0.3, 0.4) is 0 Å². The number of carbonyl (C=O) groups excluding carboxylic acids is 3. The molecule has 0 aliphatic rings. The van der Waals surface area contributed by atoms with Gasteiger partial charge in [0.15, 0.2) is 6.61 Å². The molecule has 7 heteroatoms. The topological polar surface area (TPSA) is 80.6 Å². The Hall–Kier alpha value is -2.31. The summed E-state index contributed by atoms with van der Waals surface area (Å²) >= 11 is 0. The van der Waals surface area contributed by atoms with Crippen molar-refractivity contribution in [2.75, 3.05) is 27.2 Å². The number of amides is 2. The van der Waals surface area contributed by atoms with E-state index in [1.807, 2.05) is 0 Å². The molecule has 0 unspecified atom stereocenters. The number of esters is 1. The van der Waals surface area contributed by atoms with Gasteiger partial charge in [-0.15, -0.1) is 0 Å². The number of aromatic nitrogens is 1. The standard InChI is InChI=1S/C12H17N3O4/c1-14(2)11(17)7-13-10(16)8-19-12(18)9-5-4-6-15(9)3/h4-6H,7-8H2,1-3H3,(H,13,16). The van der Waals surface area contributed by atoms with Gasteiger partial charge in [0.05, 0.1) is 6.54 Å². The SMILES string of the molecule is CN(C)C(=O)CNC(=O)COC(=O)c1cccn1C. The molecule has 104 valence electrons. The van der Waals surface area contributed by atoms with Crippen LogP contribution in [0.15, 0.2) is 18.3 Å². The molecule has 0 aliphatic heterocycles. The van der Waals surface area contributed by atoms with E-state index in [2.05, 4.69) is 5.32 Å². The molecule has 1 N–H and O–H groups in total. The van der Waals surface area contributed by atoms with Crippen molar-refractivity contribution in [3.05, 3.63) is 24.0 Å². The first-order chi connectivity index (χ1) is 8.91. The van der Waals surface area contributed by atoms with Crippen LogP contribution in [0.25, 0.3) is 0 Å². The molecule has 19 heavy (non-hydrogen) atoms. The number of likely N-dealkylation sites (N-methyl/N-ethyl adjacent to an activating group) is 1. The number of hydrogen-bond donors (Lipinski definition) is 1. The monoisotopic (exact) mass is 267 g/mol. The first-order valence-electron chi connectivity index (χ1n) is 5.67. The first kappa shape index (κ1) is 14.7. The third-order valence-corrected chi connectivity index (χ3v) is 2.42. The lowest BCUT2D eigenvalue weighted by molar-refractivity contribution is -0.131. The van der Waals surface area contributed by atoms with Gasteiger partial charge in [-0.2, -0.15) is 0 Å². The smallest absolute Gasteiger partial charge is 0.355 e. The van der Waals surface area contributed by atoms with Gasteiger partial charge in [0.25, 0.3) is 5.91 Å². The molecule has 2 amide bonds. The van der Waals surface area contributed by atoms with Crippen LogP contribution in [-0.2, 0) is 21.4 Å². The molecule has 0 fully saturated rings. The molecule has 1 rings (SSSR count). The summed E-state index contributed by atoms with van der Waals surface area (Å²) in [6.07, 6.45) is 1.70. The summed E-state index contributed by atoms with van der Waals surface area (Å²) in [7, 11) is 4.88. The molecular formula is C12H17N3O4. The second-order valence-electron chi connectivity index (χ2n) is 4.15. The maximum atomic E-state index is 11.6. The van der Waals surface area contributed by atoms with Crippen molar-refractivity contribution in [3.63, 3.8) is 0 Å². The van der Waals surface area contributed by atoms with E-state index in [4.69, 9.17) is 4.74 Å². The molecule has 1 heterocycles. The molecule has 0 aromatic carbocycles. The summed E-state index contributed by atoms with van der Waals surface area (Å²) < 4.78 is 6.42. The van der Waals surface area contributed by atoms with E-state index in [0.717, 1.165) is 0 Å². The van der Waals surface area contributed by atoms with E-state index in [-0.39, 0.29) is 12.5 Å². The fourth-order valence-electron chi connectivity index (χ4n) is 1.26. The van der Waals surface area contributed by atoms with Gasteiger partial charge in [0, 0.05) is 27.3 Å². The zero-order valence-electron chi connectivity index (χ0n) is 11.2. The summed E-state index contributed by atoms with van der Waals surface area (Å²) in [5, 5.41) is 2.36. The second kappa shape index (κ2) is 6.58. The molecule has 7 nitrogen and oxygen atoms in total. The Morgan fingerprint density at radius 1 is 1.37 bits per heavy atom. The number of ether oxygens (including phenoxy) is 1. The number of rotatable bonds is 5. The van der Waals surface area contributed by atoms with E-state index in [1.165, 1.54) is 4.90 Å². The highest BCUT2D eigenvalue weighted by atomic mass is 16.5. The van der Waals surface area contributed by atoms with Crippen molar-refractivity contribution in [2.45, 2.75) is 0 Å². The Balaban J connectivity index is 2.33. The lowest BCUT2D eigenvalue weighted by Crippen LogP contribution is -2.38. The van der Waals surface area contributed by atoms with E-state index in [1.54, 1.807) is 44.0 Å².